The summed E-state index contributed by atoms with van der Waals surface area (Å²) < 4.78 is 5.33. The maximum Gasteiger partial charge on any atom is 0.273 e. The second-order valence-corrected chi connectivity index (χ2v) is 9.15. The number of carbonyl (C=O) groups is 1. The number of nitrogens with zero attached hydrogens (tertiary/aromatic N) is 3. The molecule has 0 spiro atoms. The molecular weight excluding hydrogens is 370 g/mol. The highest BCUT2D eigenvalue weighted by molar-refractivity contribution is 7.07. The first-order valence-electron chi connectivity index (χ1n) is 10.3. The van der Waals surface area contributed by atoms with Gasteiger partial charge in [-0.2, -0.15) is 0 Å². The maximum absolute atomic E-state index is 12.8. The zero-order valence-electron chi connectivity index (χ0n) is 16.3. The lowest BCUT2D eigenvalue weighted by Crippen LogP contribution is -2.60. The Balaban J connectivity index is 1.35. The molecule has 3 aliphatic heterocycles. The van der Waals surface area contributed by atoms with Crippen molar-refractivity contribution >= 4 is 17.2 Å². The van der Waals surface area contributed by atoms with Gasteiger partial charge in [-0.3, -0.25) is 9.69 Å². The van der Waals surface area contributed by atoms with E-state index in [0.717, 1.165) is 25.4 Å². The van der Waals surface area contributed by atoms with E-state index >= 15 is 0 Å². The highest BCUT2D eigenvalue weighted by atomic mass is 32.1. The van der Waals surface area contributed by atoms with Crippen molar-refractivity contribution in [1.29, 1.82) is 0 Å². The standard InChI is InChI=1S/C22H27N3O2S/c1-27-18-7-5-16(6-8-18)20-3-2-4-21-17-9-15(11-25(20)21)10-24(12-17)22(26)19-13-28-14-23-19/h5-8,13-15,17,20-21H,2-4,9-12H2,1H3/t15-,17+,20+,21-/m0/s1. The van der Waals surface area contributed by atoms with Crippen LogP contribution < -0.4 is 4.74 Å². The van der Waals surface area contributed by atoms with Crippen LogP contribution in [0.1, 0.15) is 47.8 Å². The van der Waals surface area contributed by atoms with E-state index in [1.807, 2.05) is 5.38 Å². The Labute approximate surface area is 170 Å². The highest BCUT2D eigenvalue weighted by Crippen LogP contribution is 2.44. The first kappa shape index (κ1) is 18.1. The number of benzene rings is 1. The third kappa shape index (κ3) is 3.22. The van der Waals surface area contributed by atoms with E-state index in [0.29, 0.717) is 29.6 Å². The van der Waals surface area contributed by atoms with E-state index in [4.69, 9.17) is 4.74 Å². The Bertz CT molecular complexity index is 823. The summed E-state index contributed by atoms with van der Waals surface area (Å²) in [6, 6.07) is 9.71. The summed E-state index contributed by atoms with van der Waals surface area (Å²) in [6.07, 6.45) is 5.00. The quantitative estimate of drug-likeness (QED) is 0.789. The van der Waals surface area contributed by atoms with Crippen molar-refractivity contribution in [2.24, 2.45) is 11.8 Å². The molecule has 0 aliphatic carbocycles. The first-order chi connectivity index (χ1) is 13.7. The normalized spacial score (nSPS) is 30.0. The molecule has 5 rings (SSSR count). The molecule has 4 atom stereocenters. The summed E-state index contributed by atoms with van der Waals surface area (Å²) in [4.78, 5) is 21.9. The van der Waals surface area contributed by atoms with Crippen molar-refractivity contribution in [3.05, 3.63) is 46.4 Å². The molecule has 1 aromatic carbocycles. The van der Waals surface area contributed by atoms with Gasteiger partial charge in [0.1, 0.15) is 11.4 Å². The molecule has 3 fully saturated rings. The van der Waals surface area contributed by atoms with Gasteiger partial charge in [0, 0.05) is 37.1 Å². The average molecular weight is 398 g/mol. The SMILES string of the molecule is COc1ccc([C@H]2CCC[C@H]3[C@@H]4C[C@@H](CN(C(=O)c5cscn5)C4)CN23)cc1. The van der Waals surface area contributed by atoms with Crippen LogP contribution in [0.5, 0.6) is 5.75 Å². The number of carbonyl (C=O) groups excluding carboxylic acids is 1. The zero-order valence-corrected chi connectivity index (χ0v) is 17.1. The lowest BCUT2D eigenvalue weighted by Gasteiger charge is -2.55. The molecule has 3 aliphatic rings. The van der Waals surface area contributed by atoms with Gasteiger partial charge in [-0.05, 0) is 55.2 Å². The Kier molecular flexibility index (Phi) is 4.85. The number of thiazole rings is 1. The lowest BCUT2D eigenvalue weighted by molar-refractivity contribution is -0.0512. The molecule has 2 aromatic rings. The Morgan fingerprint density at radius 1 is 1.18 bits per heavy atom. The number of piperidine rings is 3. The number of amides is 1. The van der Waals surface area contributed by atoms with Gasteiger partial charge < -0.3 is 9.64 Å². The second-order valence-electron chi connectivity index (χ2n) is 8.43. The highest BCUT2D eigenvalue weighted by Gasteiger charge is 2.45. The number of methoxy groups -OCH3 is 1. The number of ether oxygens (including phenoxy) is 1. The molecule has 148 valence electrons. The van der Waals surface area contributed by atoms with Gasteiger partial charge >= 0.3 is 0 Å². The van der Waals surface area contributed by atoms with Gasteiger partial charge in [0.05, 0.1) is 12.6 Å². The fourth-order valence-corrected chi connectivity index (χ4v) is 6.16. The van der Waals surface area contributed by atoms with E-state index in [2.05, 4.69) is 39.0 Å². The predicted molar refractivity (Wildman–Crippen MR) is 110 cm³/mol. The largest absolute Gasteiger partial charge is 0.497 e. The minimum Gasteiger partial charge on any atom is -0.497 e. The summed E-state index contributed by atoms with van der Waals surface area (Å²) in [5, 5.41) is 1.87. The molecule has 5 nitrogen and oxygen atoms in total. The van der Waals surface area contributed by atoms with E-state index in [1.165, 1.54) is 42.6 Å². The summed E-state index contributed by atoms with van der Waals surface area (Å²) in [7, 11) is 1.72. The van der Waals surface area contributed by atoms with Gasteiger partial charge in [0.15, 0.2) is 0 Å². The Morgan fingerprint density at radius 2 is 2.04 bits per heavy atom. The van der Waals surface area contributed by atoms with Crippen molar-refractivity contribution in [3.8, 4) is 5.75 Å². The van der Waals surface area contributed by atoms with E-state index < -0.39 is 0 Å². The Morgan fingerprint density at radius 3 is 2.79 bits per heavy atom. The van der Waals surface area contributed by atoms with Crippen molar-refractivity contribution in [1.82, 2.24) is 14.8 Å². The minimum atomic E-state index is 0.118. The number of hydrogen-bond donors (Lipinski definition) is 0. The van der Waals surface area contributed by atoms with Crippen LogP contribution in [0, 0.1) is 11.8 Å². The summed E-state index contributed by atoms with van der Waals surface area (Å²) in [5.74, 6) is 2.18. The van der Waals surface area contributed by atoms with Crippen molar-refractivity contribution in [2.45, 2.75) is 37.8 Å². The third-order valence-electron chi connectivity index (χ3n) is 6.83. The van der Waals surface area contributed by atoms with Crippen molar-refractivity contribution in [3.63, 3.8) is 0 Å². The van der Waals surface area contributed by atoms with Crippen molar-refractivity contribution in [2.75, 3.05) is 26.7 Å². The average Bonchev–Trinajstić information content (AvgIpc) is 3.28. The first-order valence-corrected chi connectivity index (χ1v) is 11.2. The molecule has 2 bridgehead atoms. The van der Waals surface area contributed by atoms with E-state index in [-0.39, 0.29) is 5.91 Å². The second kappa shape index (κ2) is 7.48. The number of aromatic nitrogens is 1. The smallest absolute Gasteiger partial charge is 0.273 e. The molecule has 1 aromatic heterocycles. The lowest BCUT2D eigenvalue weighted by atomic mass is 9.74. The number of likely N-dealkylation sites (tertiary alicyclic amines) is 1. The number of fused-ring (bicyclic) bond motifs is 4. The number of rotatable bonds is 3. The zero-order chi connectivity index (χ0) is 19.1. The minimum absolute atomic E-state index is 0.118. The molecule has 0 radical (unpaired) electrons. The van der Waals surface area contributed by atoms with E-state index in [1.54, 1.807) is 12.6 Å². The fourth-order valence-electron chi connectivity index (χ4n) is 5.64. The van der Waals surface area contributed by atoms with Crippen LogP contribution in [0.4, 0.5) is 0 Å². The van der Waals surface area contributed by atoms with E-state index in [9.17, 15) is 4.79 Å². The molecule has 6 heteroatoms. The topological polar surface area (TPSA) is 45.7 Å². The third-order valence-corrected chi connectivity index (χ3v) is 7.41. The molecule has 0 unspecified atom stereocenters. The van der Waals surface area contributed by atoms with Crippen LogP contribution in [-0.2, 0) is 0 Å². The van der Waals surface area contributed by atoms with Crippen LogP contribution >= 0.6 is 11.3 Å². The molecule has 0 N–H and O–H groups in total. The van der Waals surface area contributed by atoms with Crippen LogP contribution in [0.3, 0.4) is 0 Å². The molecule has 1 amide bonds. The number of hydrogen-bond acceptors (Lipinski definition) is 5. The monoisotopic (exact) mass is 397 g/mol. The van der Waals surface area contributed by atoms with Gasteiger partial charge in [0.2, 0.25) is 0 Å². The van der Waals surface area contributed by atoms with Crippen molar-refractivity contribution < 1.29 is 9.53 Å². The summed E-state index contributed by atoms with van der Waals surface area (Å²) in [6.45, 7) is 2.84. The Hall–Kier alpha value is -1.92. The van der Waals surface area contributed by atoms with Crippen LogP contribution in [0.25, 0.3) is 0 Å². The van der Waals surface area contributed by atoms with Gasteiger partial charge in [-0.1, -0.05) is 12.1 Å². The molecular formula is C22H27N3O2S. The predicted octanol–water partition coefficient (Wildman–Crippen LogP) is 3.84. The molecule has 3 saturated heterocycles. The van der Waals surface area contributed by atoms with Gasteiger partial charge in [-0.25, -0.2) is 4.98 Å². The van der Waals surface area contributed by atoms with Gasteiger partial charge in [-0.15, -0.1) is 11.3 Å². The molecule has 4 heterocycles. The summed E-state index contributed by atoms with van der Waals surface area (Å²) in [5.41, 5.74) is 3.77. The summed E-state index contributed by atoms with van der Waals surface area (Å²) >= 11 is 1.50. The van der Waals surface area contributed by atoms with Crippen LogP contribution in [-0.4, -0.2) is 53.5 Å². The maximum atomic E-state index is 12.8. The van der Waals surface area contributed by atoms with Crippen LogP contribution in [0.2, 0.25) is 0 Å². The fraction of sp³-hybridized carbons (Fsp3) is 0.545. The molecule has 28 heavy (non-hydrogen) atoms. The van der Waals surface area contributed by atoms with Gasteiger partial charge in [0.25, 0.3) is 5.91 Å². The van der Waals surface area contributed by atoms with Crippen LogP contribution in [0.15, 0.2) is 35.2 Å². The molecule has 0 saturated carbocycles.